The molecule has 1 nitrogen and oxygen atoms in total. The lowest BCUT2D eigenvalue weighted by atomic mass is 10.0. The molecule has 2 atom stereocenters. The normalized spacial score (nSPS) is 15.9. The molecule has 0 aromatic carbocycles. The van der Waals surface area contributed by atoms with Gasteiger partial charge >= 0.3 is 0 Å². The second-order valence-electron chi connectivity index (χ2n) is 4.49. The first kappa shape index (κ1) is 14.4. The molecule has 14 heavy (non-hydrogen) atoms. The van der Waals surface area contributed by atoms with Crippen molar-refractivity contribution in [3.05, 3.63) is 0 Å². The number of hydrogen-bond acceptors (Lipinski definition) is 1. The predicted octanol–water partition coefficient (Wildman–Crippen LogP) is 3.92. The molecule has 0 aliphatic rings. The Hall–Kier alpha value is 0.440. The van der Waals surface area contributed by atoms with E-state index in [0.29, 0.717) is 0 Å². The highest BCUT2D eigenvalue weighted by molar-refractivity contribution is 9.09. The molecule has 0 aliphatic carbocycles. The summed E-state index contributed by atoms with van der Waals surface area (Å²) in [7, 11) is 2.25. The minimum absolute atomic E-state index is 0.746. The van der Waals surface area contributed by atoms with E-state index in [0.717, 1.165) is 17.3 Å². The van der Waals surface area contributed by atoms with Crippen molar-refractivity contribution in [2.24, 2.45) is 5.92 Å². The van der Waals surface area contributed by atoms with Gasteiger partial charge in [-0.3, -0.25) is 0 Å². The summed E-state index contributed by atoms with van der Waals surface area (Å²) in [4.78, 5) is 2.49. The Labute approximate surface area is 98.4 Å². The maximum absolute atomic E-state index is 3.50. The van der Waals surface area contributed by atoms with Crippen LogP contribution >= 0.6 is 15.9 Å². The average Bonchev–Trinajstić information content (AvgIpc) is 2.15. The molecule has 0 aromatic rings. The summed E-state index contributed by atoms with van der Waals surface area (Å²) in [6.07, 6.45) is 5.25. The van der Waals surface area contributed by atoms with Crippen molar-refractivity contribution in [3.63, 3.8) is 0 Å². The van der Waals surface area contributed by atoms with Crippen molar-refractivity contribution in [2.75, 3.05) is 18.9 Å². The Bertz CT molecular complexity index is 127. The van der Waals surface area contributed by atoms with E-state index in [1.54, 1.807) is 0 Å². The van der Waals surface area contributed by atoms with Crippen molar-refractivity contribution >= 4 is 15.9 Å². The minimum atomic E-state index is 0.746. The predicted molar refractivity (Wildman–Crippen MR) is 69.2 cm³/mol. The van der Waals surface area contributed by atoms with Crippen LogP contribution in [0.2, 0.25) is 0 Å². The number of alkyl halides is 1. The van der Waals surface area contributed by atoms with E-state index in [1.807, 2.05) is 0 Å². The third-order valence-corrected chi connectivity index (χ3v) is 3.49. The Morgan fingerprint density at radius 3 is 2.29 bits per heavy atom. The smallest absolute Gasteiger partial charge is 0.00637 e. The molecular weight excluding hydrogens is 238 g/mol. The molecule has 0 N–H and O–H groups in total. The molecule has 0 saturated heterocycles. The zero-order valence-electron chi connectivity index (χ0n) is 10.2. The topological polar surface area (TPSA) is 3.24 Å². The van der Waals surface area contributed by atoms with Crippen LogP contribution in [-0.4, -0.2) is 29.9 Å². The Morgan fingerprint density at radius 1 is 1.14 bits per heavy atom. The molecule has 0 fully saturated rings. The Kier molecular flexibility index (Phi) is 9.00. The second-order valence-corrected chi connectivity index (χ2v) is 5.28. The summed E-state index contributed by atoms with van der Waals surface area (Å²) in [6.45, 7) is 8.19. The average molecular weight is 264 g/mol. The van der Waals surface area contributed by atoms with Crippen LogP contribution in [0.3, 0.4) is 0 Å². The summed E-state index contributed by atoms with van der Waals surface area (Å²) in [5.41, 5.74) is 0. The molecular formula is C12H26BrN. The van der Waals surface area contributed by atoms with Gasteiger partial charge in [0.15, 0.2) is 0 Å². The molecule has 2 unspecified atom stereocenters. The zero-order chi connectivity index (χ0) is 11.0. The second kappa shape index (κ2) is 8.72. The summed E-state index contributed by atoms with van der Waals surface area (Å²) in [5.74, 6) is 0.852. The van der Waals surface area contributed by atoms with Gasteiger partial charge in [0.05, 0.1) is 0 Å². The summed E-state index contributed by atoms with van der Waals surface area (Å²) in [5, 5.41) is 1.14. The SMILES string of the molecule is CCCC(C)N(C)CCC(C)CCBr. The van der Waals surface area contributed by atoms with Gasteiger partial charge in [0.1, 0.15) is 0 Å². The van der Waals surface area contributed by atoms with Gasteiger partial charge in [0, 0.05) is 11.4 Å². The first-order chi connectivity index (χ1) is 6.61. The highest BCUT2D eigenvalue weighted by atomic mass is 79.9. The molecule has 86 valence electrons. The van der Waals surface area contributed by atoms with Crippen molar-refractivity contribution in [1.82, 2.24) is 4.90 Å². The number of halogens is 1. The number of nitrogens with zero attached hydrogens (tertiary/aromatic N) is 1. The van der Waals surface area contributed by atoms with Crippen LogP contribution in [0.5, 0.6) is 0 Å². The van der Waals surface area contributed by atoms with Crippen LogP contribution < -0.4 is 0 Å². The van der Waals surface area contributed by atoms with Crippen molar-refractivity contribution in [1.29, 1.82) is 0 Å². The molecule has 0 spiro atoms. The molecule has 0 saturated carbocycles. The van der Waals surface area contributed by atoms with Crippen LogP contribution in [0.4, 0.5) is 0 Å². The Balaban J connectivity index is 3.56. The van der Waals surface area contributed by atoms with Crippen LogP contribution in [0.25, 0.3) is 0 Å². The summed E-state index contributed by atoms with van der Waals surface area (Å²) >= 11 is 3.50. The summed E-state index contributed by atoms with van der Waals surface area (Å²) < 4.78 is 0. The maximum Gasteiger partial charge on any atom is 0.00637 e. The van der Waals surface area contributed by atoms with Crippen molar-refractivity contribution in [3.8, 4) is 0 Å². The third-order valence-electron chi connectivity index (χ3n) is 3.04. The lowest BCUT2D eigenvalue weighted by Crippen LogP contribution is -2.30. The van der Waals surface area contributed by atoms with Crippen LogP contribution in [0.1, 0.15) is 46.5 Å². The van der Waals surface area contributed by atoms with E-state index in [9.17, 15) is 0 Å². The van der Waals surface area contributed by atoms with E-state index in [2.05, 4.69) is 48.6 Å². The fourth-order valence-corrected chi connectivity index (χ4v) is 2.39. The maximum atomic E-state index is 3.50. The van der Waals surface area contributed by atoms with Gasteiger partial charge in [-0.2, -0.15) is 0 Å². The first-order valence-electron chi connectivity index (χ1n) is 5.88. The van der Waals surface area contributed by atoms with Gasteiger partial charge in [-0.05, 0) is 45.7 Å². The van der Waals surface area contributed by atoms with Gasteiger partial charge in [0.2, 0.25) is 0 Å². The summed E-state index contributed by atoms with van der Waals surface area (Å²) in [6, 6.07) is 0.746. The molecule has 0 aliphatic heterocycles. The van der Waals surface area contributed by atoms with Gasteiger partial charge < -0.3 is 4.90 Å². The van der Waals surface area contributed by atoms with Gasteiger partial charge in [-0.25, -0.2) is 0 Å². The standard InChI is InChI=1S/C12H26BrN/c1-5-6-12(3)14(4)10-8-11(2)7-9-13/h11-12H,5-10H2,1-4H3. The molecule has 0 heterocycles. The lowest BCUT2D eigenvalue weighted by molar-refractivity contribution is 0.228. The molecule has 0 rings (SSSR count). The highest BCUT2D eigenvalue weighted by Crippen LogP contribution is 2.12. The van der Waals surface area contributed by atoms with E-state index >= 15 is 0 Å². The van der Waals surface area contributed by atoms with Crippen molar-refractivity contribution in [2.45, 2.75) is 52.5 Å². The molecule has 0 radical (unpaired) electrons. The van der Waals surface area contributed by atoms with E-state index in [4.69, 9.17) is 0 Å². The molecule has 2 heteroatoms. The van der Waals surface area contributed by atoms with E-state index in [-0.39, 0.29) is 0 Å². The van der Waals surface area contributed by atoms with E-state index < -0.39 is 0 Å². The number of hydrogen-bond donors (Lipinski definition) is 0. The van der Waals surface area contributed by atoms with Crippen molar-refractivity contribution < 1.29 is 0 Å². The molecule has 0 aromatic heterocycles. The monoisotopic (exact) mass is 263 g/mol. The number of rotatable bonds is 8. The van der Waals surface area contributed by atoms with Crippen LogP contribution in [-0.2, 0) is 0 Å². The fourth-order valence-electron chi connectivity index (χ4n) is 1.61. The van der Waals surface area contributed by atoms with Gasteiger partial charge in [-0.15, -0.1) is 0 Å². The largest absolute Gasteiger partial charge is 0.304 e. The van der Waals surface area contributed by atoms with Gasteiger partial charge in [-0.1, -0.05) is 36.2 Å². The quantitative estimate of drug-likeness (QED) is 0.601. The minimum Gasteiger partial charge on any atom is -0.304 e. The lowest BCUT2D eigenvalue weighted by Gasteiger charge is -2.25. The zero-order valence-corrected chi connectivity index (χ0v) is 11.8. The van der Waals surface area contributed by atoms with Crippen LogP contribution in [0, 0.1) is 5.92 Å². The first-order valence-corrected chi connectivity index (χ1v) is 7.00. The highest BCUT2D eigenvalue weighted by Gasteiger charge is 2.09. The third kappa shape index (κ3) is 6.83. The van der Waals surface area contributed by atoms with Gasteiger partial charge in [0.25, 0.3) is 0 Å². The van der Waals surface area contributed by atoms with E-state index in [1.165, 1.54) is 32.2 Å². The van der Waals surface area contributed by atoms with Crippen LogP contribution in [0.15, 0.2) is 0 Å². The Morgan fingerprint density at radius 2 is 1.79 bits per heavy atom. The molecule has 0 bridgehead atoms. The fraction of sp³-hybridized carbons (Fsp3) is 1.00. The molecule has 0 amide bonds.